The monoisotopic (exact) mass is 225 g/mol. The van der Waals surface area contributed by atoms with E-state index in [-0.39, 0.29) is 0 Å². The highest BCUT2D eigenvalue weighted by Crippen LogP contribution is 2.25. The van der Waals surface area contributed by atoms with Crippen molar-refractivity contribution in [3.63, 3.8) is 0 Å². The zero-order valence-corrected chi connectivity index (χ0v) is 9.51. The van der Waals surface area contributed by atoms with Crippen LogP contribution in [0.4, 0.5) is 0 Å². The molecule has 17 heavy (non-hydrogen) atoms. The second-order valence-corrected chi connectivity index (χ2v) is 4.10. The Morgan fingerprint density at radius 1 is 1.06 bits per heavy atom. The number of hydrogen-bond donors (Lipinski definition) is 0. The molecule has 0 bridgehead atoms. The fraction of sp³-hybridized carbons (Fsp3) is 0.0714. The van der Waals surface area contributed by atoms with Gasteiger partial charge in [-0.2, -0.15) is 0 Å². The maximum Gasteiger partial charge on any atom is 0.253 e. The third-order valence-electron chi connectivity index (χ3n) is 2.92. The van der Waals surface area contributed by atoms with E-state index in [1.807, 2.05) is 36.5 Å². The third kappa shape index (κ3) is 1.56. The van der Waals surface area contributed by atoms with Crippen LogP contribution in [0, 0.1) is 6.92 Å². The normalized spacial score (nSPS) is 10.9. The summed E-state index contributed by atoms with van der Waals surface area (Å²) < 4.78 is 2.08. The first-order chi connectivity index (χ1) is 8.25. The molecule has 2 aromatic heterocycles. The Morgan fingerprint density at radius 2 is 1.82 bits per heavy atom. The van der Waals surface area contributed by atoms with E-state index >= 15 is 0 Å². The minimum absolute atomic E-state index is 0.532. The lowest BCUT2D eigenvalue weighted by molar-refractivity contribution is 0.475. The van der Waals surface area contributed by atoms with Gasteiger partial charge in [0.05, 0.1) is 5.69 Å². The zero-order chi connectivity index (χ0) is 11.8. The molecule has 84 valence electrons. The van der Waals surface area contributed by atoms with Gasteiger partial charge in [0.15, 0.2) is 0 Å². The van der Waals surface area contributed by atoms with Crippen LogP contribution >= 0.6 is 0 Å². The van der Waals surface area contributed by atoms with Crippen LogP contribution in [-0.4, -0.2) is 14.5 Å². The van der Waals surface area contributed by atoms with Crippen molar-refractivity contribution in [2.75, 3.05) is 0 Å². The maximum atomic E-state index is 7.52. The van der Waals surface area contributed by atoms with Crippen molar-refractivity contribution in [2.24, 2.45) is 0 Å². The van der Waals surface area contributed by atoms with Gasteiger partial charge in [-0.05, 0) is 36.2 Å². The highest BCUT2D eigenvalue weighted by atomic mass is 16.3. The summed E-state index contributed by atoms with van der Waals surface area (Å²) in [7, 11) is 0. The molecule has 2 heterocycles. The largest absolute Gasteiger partial charge is 0.593 e. The molecule has 3 heteroatoms. The summed E-state index contributed by atoms with van der Waals surface area (Å²) in [6.07, 6.45) is 3.77. The van der Waals surface area contributed by atoms with Gasteiger partial charge < -0.3 is 5.11 Å². The molecule has 0 fully saturated rings. The minimum Gasteiger partial charge on any atom is -0.593 e. The second kappa shape index (κ2) is 3.63. The molecule has 0 saturated heterocycles. The van der Waals surface area contributed by atoms with Crippen molar-refractivity contribution in [2.45, 2.75) is 6.92 Å². The van der Waals surface area contributed by atoms with Gasteiger partial charge in [0.2, 0.25) is 0 Å². The molecule has 0 amide bonds. The zero-order valence-electron chi connectivity index (χ0n) is 9.51. The Morgan fingerprint density at radius 3 is 2.59 bits per heavy atom. The molecule has 0 saturated carbocycles. The van der Waals surface area contributed by atoms with E-state index in [0.29, 0.717) is 5.75 Å². The van der Waals surface area contributed by atoms with Crippen LogP contribution in [0.1, 0.15) is 5.56 Å². The van der Waals surface area contributed by atoms with Gasteiger partial charge in [0, 0.05) is 24.5 Å². The lowest BCUT2D eigenvalue weighted by Gasteiger charge is -2.09. The fourth-order valence-corrected chi connectivity index (χ4v) is 2.09. The summed E-state index contributed by atoms with van der Waals surface area (Å²) in [5, 5.41) is 7.52. The first-order valence-electron chi connectivity index (χ1n) is 5.50. The number of imidazole rings is 1. The van der Waals surface area contributed by atoms with Gasteiger partial charge >= 0.3 is 0 Å². The molecule has 0 atom stereocenters. The fourth-order valence-electron chi connectivity index (χ4n) is 2.09. The Bertz CT molecular complexity index is 668. The second-order valence-electron chi connectivity index (χ2n) is 4.10. The number of rotatable bonds is 1. The van der Waals surface area contributed by atoms with Crippen molar-refractivity contribution in [3.05, 3.63) is 54.4 Å². The van der Waals surface area contributed by atoms with Crippen LogP contribution in [0.15, 0.2) is 48.8 Å². The van der Waals surface area contributed by atoms with Crippen molar-refractivity contribution in [1.29, 1.82) is 0 Å². The number of hydrogen-bond acceptors (Lipinski definition) is 1. The van der Waals surface area contributed by atoms with Gasteiger partial charge in [-0.3, -0.25) is 4.40 Å². The minimum atomic E-state index is 0.532. The standard InChI is InChI=1S/C14H12N2O/c1-10-2-7-13-15-8-9-16(13)14(10)11-3-5-12(17)6-4-11/h2-9,17H,1H3/p+1. The summed E-state index contributed by atoms with van der Waals surface area (Å²) >= 11 is 0. The van der Waals surface area contributed by atoms with E-state index in [4.69, 9.17) is 5.11 Å². The van der Waals surface area contributed by atoms with Crippen LogP contribution in [0.2, 0.25) is 0 Å². The molecule has 3 aromatic rings. The Labute approximate surface area is 99.0 Å². The predicted molar refractivity (Wildman–Crippen MR) is 68.4 cm³/mol. The lowest BCUT2D eigenvalue weighted by atomic mass is 10.1. The van der Waals surface area contributed by atoms with E-state index in [9.17, 15) is 0 Å². The molecule has 1 aromatic carbocycles. The van der Waals surface area contributed by atoms with Crippen LogP contribution in [-0.2, 0) is 0 Å². The average molecular weight is 225 g/mol. The molecule has 0 unspecified atom stereocenters. The van der Waals surface area contributed by atoms with Crippen molar-refractivity contribution in [3.8, 4) is 17.0 Å². The molecule has 0 aliphatic carbocycles. The molecule has 0 spiro atoms. The van der Waals surface area contributed by atoms with Crippen molar-refractivity contribution >= 4 is 5.65 Å². The number of pyridine rings is 1. The smallest absolute Gasteiger partial charge is 0.253 e. The third-order valence-corrected chi connectivity index (χ3v) is 2.92. The van der Waals surface area contributed by atoms with Gasteiger partial charge in [0.25, 0.3) is 5.75 Å². The molecule has 0 radical (unpaired) electrons. The topological polar surface area (TPSA) is 40.2 Å². The summed E-state index contributed by atoms with van der Waals surface area (Å²) in [4.78, 5) is 4.29. The molecular formula is C14H13N2O+. The average Bonchev–Trinajstić information content (AvgIpc) is 2.79. The first kappa shape index (κ1) is 9.90. The number of nitrogens with zero attached hydrogens (tertiary/aromatic N) is 2. The van der Waals surface area contributed by atoms with Crippen LogP contribution < -0.4 is 0 Å². The van der Waals surface area contributed by atoms with Crippen molar-refractivity contribution < 1.29 is 5.11 Å². The quantitative estimate of drug-likeness (QED) is 0.587. The van der Waals surface area contributed by atoms with E-state index in [0.717, 1.165) is 16.9 Å². The van der Waals surface area contributed by atoms with E-state index in [1.165, 1.54) is 5.56 Å². The van der Waals surface area contributed by atoms with Gasteiger partial charge in [0.1, 0.15) is 5.65 Å². The van der Waals surface area contributed by atoms with E-state index in [2.05, 4.69) is 22.4 Å². The van der Waals surface area contributed by atoms with Gasteiger partial charge in [-0.25, -0.2) is 4.98 Å². The van der Waals surface area contributed by atoms with Gasteiger partial charge in [-0.1, -0.05) is 6.07 Å². The van der Waals surface area contributed by atoms with Crippen LogP contribution in [0.3, 0.4) is 0 Å². The Kier molecular flexibility index (Phi) is 2.11. The maximum absolute atomic E-state index is 7.52. The van der Waals surface area contributed by atoms with Gasteiger partial charge in [-0.15, -0.1) is 0 Å². The number of aromatic nitrogens is 2. The molecule has 3 nitrogen and oxygen atoms in total. The Hall–Kier alpha value is -2.29. The van der Waals surface area contributed by atoms with Crippen LogP contribution in [0.25, 0.3) is 16.9 Å². The predicted octanol–water partition coefficient (Wildman–Crippen LogP) is 2.75. The summed E-state index contributed by atoms with van der Waals surface area (Å²) in [6.45, 7) is 2.09. The lowest BCUT2D eigenvalue weighted by Crippen LogP contribution is -1.94. The number of fused-ring (bicyclic) bond motifs is 1. The molecule has 3 rings (SSSR count). The summed E-state index contributed by atoms with van der Waals surface area (Å²) in [5.41, 5.74) is 4.40. The van der Waals surface area contributed by atoms with E-state index < -0.39 is 0 Å². The summed E-state index contributed by atoms with van der Waals surface area (Å²) in [5.74, 6) is 0.532. The summed E-state index contributed by atoms with van der Waals surface area (Å²) in [6, 6.07) is 11.7. The van der Waals surface area contributed by atoms with Crippen LogP contribution in [0.5, 0.6) is 5.75 Å². The SMILES string of the molecule is Cc1ccc2nccn2c1-c1ccc([OH2+])cc1. The number of aryl methyl sites for hydroxylation is 1. The van der Waals surface area contributed by atoms with Crippen molar-refractivity contribution in [1.82, 2.24) is 9.38 Å². The first-order valence-corrected chi connectivity index (χ1v) is 5.50. The van der Waals surface area contributed by atoms with E-state index in [1.54, 1.807) is 6.20 Å². The number of benzene rings is 1. The highest BCUT2D eigenvalue weighted by Gasteiger charge is 2.07. The molecular weight excluding hydrogens is 212 g/mol. The highest BCUT2D eigenvalue weighted by molar-refractivity contribution is 5.67. The molecule has 0 aliphatic rings. The Balaban J connectivity index is 2.31. The molecule has 0 aliphatic heterocycles. The molecule has 2 N–H and O–H groups in total.